The summed E-state index contributed by atoms with van der Waals surface area (Å²) in [4.78, 5) is 3.87. The molecule has 1 heterocycles. The van der Waals surface area contributed by atoms with Crippen molar-refractivity contribution in [3.05, 3.63) is 36.3 Å². The lowest BCUT2D eigenvalue weighted by molar-refractivity contribution is 0.628. The number of rotatable bonds is 2. The number of benzene rings is 1. The van der Waals surface area contributed by atoms with Gasteiger partial charge in [-0.1, -0.05) is 12.1 Å². The van der Waals surface area contributed by atoms with E-state index >= 15 is 0 Å². The van der Waals surface area contributed by atoms with E-state index in [9.17, 15) is 4.39 Å². The van der Waals surface area contributed by atoms with Crippen LogP contribution in [0.5, 0.6) is 0 Å². The van der Waals surface area contributed by atoms with Gasteiger partial charge in [0.05, 0.1) is 6.20 Å². The summed E-state index contributed by atoms with van der Waals surface area (Å²) >= 11 is 0. The van der Waals surface area contributed by atoms with Gasteiger partial charge in [-0.25, -0.2) is 15.2 Å². The molecule has 0 amide bonds. The Kier molecular flexibility index (Phi) is 2.51. The fourth-order valence-electron chi connectivity index (χ4n) is 1.12. The molecule has 0 saturated heterocycles. The molecule has 1 aromatic carbocycles. The average Bonchev–Trinajstić information content (AvgIpc) is 2.29. The number of aromatic nitrogens is 3. The second kappa shape index (κ2) is 3.97. The van der Waals surface area contributed by atoms with Crippen molar-refractivity contribution in [1.29, 1.82) is 0 Å². The molecule has 0 fully saturated rings. The molecule has 3 N–H and O–H groups in total. The zero-order chi connectivity index (χ0) is 10.7. The lowest BCUT2D eigenvalue weighted by atomic mass is 10.2. The van der Waals surface area contributed by atoms with E-state index in [0.717, 1.165) is 0 Å². The van der Waals surface area contributed by atoms with Crippen LogP contribution in [0.2, 0.25) is 0 Å². The van der Waals surface area contributed by atoms with Gasteiger partial charge in [0.1, 0.15) is 11.5 Å². The standard InChI is InChI=1S/C9H8FN5/c10-7-3-1-2-6(4-7)8-5-12-9(13-11)15-14-8/h1-5H,11H2,(H,12,13,15). The predicted octanol–water partition coefficient (Wildman–Crippen LogP) is 0.963. The summed E-state index contributed by atoms with van der Waals surface area (Å²) < 4.78 is 12.9. The van der Waals surface area contributed by atoms with Crippen LogP contribution in [-0.2, 0) is 0 Å². The third-order valence-electron chi connectivity index (χ3n) is 1.81. The Balaban J connectivity index is 2.37. The molecule has 0 radical (unpaired) electrons. The molecule has 2 rings (SSSR count). The predicted molar refractivity (Wildman–Crippen MR) is 53.0 cm³/mol. The minimum atomic E-state index is -0.324. The zero-order valence-corrected chi connectivity index (χ0v) is 7.68. The van der Waals surface area contributed by atoms with E-state index in [4.69, 9.17) is 5.84 Å². The molecule has 0 atom stereocenters. The van der Waals surface area contributed by atoms with Gasteiger partial charge in [-0.2, -0.15) is 0 Å². The van der Waals surface area contributed by atoms with Crippen molar-refractivity contribution in [2.45, 2.75) is 0 Å². The highest BCUT2D eigenvalue weighted by atomic mass is 19.1. The van der Waals surface area contributed by atoms with Crippen LogP contribution in [0.3, 0.4) is 0 Å². The molecular formula is C9H8FN5. The van der Waals surface area contributed by atoms with Gasteiger partial charge in [-0.3, -0.25) is 5.43 Å². The molecule has 5 nitrogen and oxygen atoms in total. The van der Waals surface area contributed by atoms with Crippen LogP contribution >= 0.6 is 0 Å². The molecule has 0 aliphatic rings. The fraction of sp³-hybridized carbons (Fsp3) is 0. The summed E-state index contributed by atoms with van der Waals surface area (Å²) in [6, 6.07) is 6.05. The summed E-state index contributed by atoms with van der Waals surface area (Å²) in [5, 5.41) is 7.52. The number of nitrogens with two attached hydrogens (primary N) is 1. The van der Waals surface area contributed by atoms with Crippen LogP contribution in [0.15, 0.2) is 30.5 Å². The van der Waals surface area contributed by atoms with Crippen molar-refractivity contribution in [3.8, 4) is 11.3 Å². The summed E-state index contributed by atoms with van der Waals surface area (Å²) in [7, 11) is 0. The van der Waals surface area contributed by atoms with Crippen molar-refractivity contribution in [2.75, 3.05) is 5.43 Å². The lowest BCUT2D eigenvalue weighted by Gasteiger charge is -2.00. The number of hydrogen-bond donors (Lipinski definition) is 2. The Morgan fingerprint density at radius 1 is 1.27 bits per heavy atom. The number of nitrogen functional groups attached to an aromatic ring is 1. The fourth-order valence-corrected chi connectivity index (χ4v) is 1.12. The van der Waals surface area contributed by atoms with Gasteiger partial charge in [0.25, 0.3) is 5.95 Å². The molecule has 0 aliphatic heterocycles. The second-order valence-corrected chi connectivity index (χ2v) is 2.82. The monoisotopic (exact) mass is 205 g/mol. The number of hydrogen-bond acceptors (Lipinski definition) is 5. The molecule has 2 aromatic rings. The van der Waals surface area contributed by atoms with Crippen molar-refractivity contribution >= 4 is 5.95 Å². The van der Waals surface area contributed by atoms with Crippen molar-refractivity contribution < 1.29 is 4.39 Å². The first kappa shape index (κ1) is 9.47. The van der Waals surface area contributed by atoms with E-state index < -0.39 is 0 Å². The number of hydrazine groups is 1. The van der Waals surface area contributed by atoms with Crippen LogP contribution in [0.4, 0.5) is 10.3 Å². The molecule has 0 bridgehead atoms. The molecule has 0 spiro atoms. The van der Waals surface area contributed by atoms with Crippen LogP contribution in [-0.4, -0.2) is 15.2 Å². The smallest absolute Gasteiger partial charge is 0.256 e. The van der Waals surface area contributed by atoms with Crippen molar-refractivity contribution in [2.24, 2.45) is 5.84 Å². The van der Waals surface area contributed by atoms with E-state index in [1.165, 1.54) is 18.3 Å². The summed E-state index contributed by atoms with van der Waals surface area (Å²) in [5.74, 6) is 4.98. The minimum absolute atomic E-state index is 0.218. The van der Waals surface area contributed by atoms with E-state index in [1.54, 1.807) is 12.1 Å². The van der Waals surface area contributed by atoms with E-state index in [-0.39, 0.29) is 11.8 Å². The Hall–Kier alpha value is -2.08. The maximum Gasteiger partial charge on any atom is 0.256 e. The quantitative estimate of drug-likeness (QED) is 0.564. The summed E-state index contributed by atoms with van der Waals surface area (Å²) in [6.45, 7) is 0. The third kappa shape index (κ3) is 2.05. The second-order valence-electron chi connectivity index (χ2n) is 2.82. The lowest BCUT2D eigenvalue weighted by Crippen LogP contribution is -2.11. The van der Waals surface area contributed by atoms with Gasteiger partial charge < -0.3 is 0 Å². The van der Waals surface area contributed by atoms with Crippen LogP contribution in [0, 0.1) is 5.82 Å². The van der Waals surface area contributed by atoms with E-state index in [2.05, 4.69) is 20.6 Å². The number of anilines is 1. The maximum absolute atomic E-state index is 12.9. The van der Waals surface area contributed by atoms with Crippen LogP contribution < -0.4 is 11.3 Å². The van der Waals surface area contributed by atoms with Gasteiger partial charge in [0.15, 0.2) is 0 Å². The Bertz CT molecular complexity index is 456. The first-order valence-electron chi connectivity index (χ1n) is 4.22. The highest BCUT2D eigenvalue weighted by Crippen LogP contribution is 2.16. The molecule has 0 saturated carbocycles. The topological polar surface area (TPSA) is 76.7 Å². The van der Waals surface area contributed by atoms with E-state index in [0.29, 0.717) is 11.3 Å². The van der Waals surface area contributed by atoms with Crippen LogP contribution in [0.1, 0.15) is 0 Å². The van der Waals surface area contributed by atoms with Crippen molar-refractivity contribution in [1.82, 2.24) is 15.2 Å². The normalized spacial score (nSPS) is 10.0. The minimum Gasteiger partial charge on any atom is -0.291 e. The van der Waals surface area contributed by atoms with E-state index in [1.807, 2.05) is 0 Å². The Morgan fingerprint density at radius 3 is 2.73 bits per heavy atom. The van der Waals surface area contributed by atoms with Crippen LogP contribution in [0.25, 0.3) is 11.3 Å². The van der Waals surface area contributed by atoms with Crippen molar-refractivity contribution in [3.63, 3.8) is 0 Å². The van der Waals surface area contributed by atoms with Gasteiger partial charge in [0.2, 0.25) is 0 Å². The van der Waals surface area contributed by atoms with Gasteiger partial charge >= 0.3 is 0 Å². The Morgan fingerprint density at radius 2 is 2.13 bits per heavy atom. The highest BCUT2D eigenvalue weighted by Gasteiger charge is 2.02. The summed E-state index contributed by atoms with van der Waals surface area (Å²) in [5.41, 5.74) is 3.38. The average molecular weight is 205 g/mol. The SMILES string of the molecule is NNc1ncc(-c2cccc(F)c2)nn1. The summed E-state index contributed by atoms with van der Waals surface area (Å²) in [6.07, 6.45) is 1.47. The number of nitrogens with zero attached hydrogens (tertiary/aromatic N) is 3. The number of nitrogens with one attached hydrogen (secondary N) is 1. The van der Waals surface area contributed by atoms with Gasteiger partial charge in [-0.15, -0.1) is 10.2 Å². The molecule has 0 aliphatic carbocycles. The zero-order valence-electron chi connectivity index (χ0n) is 7.68. The van der Waals surface area contributed by atoms with Gasteiger partial charge in [0, 0.05) is 5.56 Å². The largest absolute Gasteiger partial charge is 0.291 e. The molecule has 6 heteroatoms. The Labute approximate surface area is 85.1 Å². The molecule has 0 unspecified atom stereocenters. The molecule has 76 valence electrons. The highest BCUT2D eigenvalue weighted by molar-refractivity contribution is 5.57. The third-order valence-corrected chi connectivity index (χ3v) is 1.81. The molecule has 1 aromatic heterocycles. The number of halogens is 1. The molecule has 15 heavy (non-hydrogen) atoms. The first-order chi connectivity index (χ1) is 7.29. The maximum atomic E-state index is 12.9. The molecular weight excluding hydrogens is 197 g/mol. The first-order valence-corrected chi connectivity index (χ1v) is 4.22. The van der Waals surface area contributed by atoms with Gasteiger partial charge in [-0.05, 0) is 12.1 Å².